The van der Waals surface area contributed by atoms with E-state index in [1.807, 2.05) is 6.26 Å². The molecule has 7 N–H and O–H groups in total. The molecule has 0 spiro atoms. The van der Waals surface area contributed by atoms with Crippen molar-refractivity contribution in [2.75, 3.05) is 18.6 Å². The van der Waals surface area contributed by atoms with E-state index in [2.05, 4.69) is 10.6 Å². The average molecular weight is 460 g/mol. The second-order valence-corrected chi connectivity index (χ2v) is 8.86. The summed E-state index contributed by atoms with van der Waals surface area (Å²) in [5, 5.41) is 14.4. The Morgan fingerprint density at radius 2 is 1.74 bits per heavy atom. The van der Waals surface area contributed by atoms with E-state index < -0.39 is 60.2 Å². The summed E-state index contributed by atoms with van der Waals surface area (Å²) in [5.74, 6) is -3.44. The predicted molar refractivity (Wildman–Crippen MR) is 116 cm³/mol. The lowest BCUT2D eigenvalue weighted by Gasteiger charge is -2.29. The number of nitrogens with zero attached hydrogens (tertiary/aromatic N) is 1. The summed E-state index contributed by atoms with van der Waals surface area (Å²) < 4.78 is 0. The number of thioether (sulfide) groups is 1. The van der Waals surface area contributed by atoms with Crippen LogP contribution in [-0.2, 0) is 24.0 Å². The van der Waals surface area contributed by atoms with Crippen LogP contribution in [-0.4, -0.2) is 82.3 Å². The maximum atomic E-state index is 13.0. The highest BCUT2D eigenvalue weighted by atomic mass is 32.2. The Kier molecular flexibility index (Phi) is 10.8. The van der Waals surface area contributed by atoms with E-state index in [9.17, 15) is 29.1 Å². The third kappa shape index (κ3) is 8.02. The molecule has 0 radical (unpaired) electrons. The summed E-state index contributed by atoms with van der Waals surface area (Å²) in [6.45, 7) is 3.75. The van der Waals surface area contributed by atoms with E-state index in [1.54, 1.807) is 13.8 Å². The van der Waals surface area contributed by atoms with E-state index >= 15 is 0 Å². The SMILES string of the molecule is CSCCC(NC(=O)C(CC(N)=O)NC(=O)C(N)C(C)C)C(=O)N1CCCC1C(=O)O. The van der Waals surface area contributed by atoms with Crippen LogP contribution in [0, 0.1) is 5.92 Å². The molecular weight excluding hydrogens is 426 g/mol. The fourth-order valence-corrected chi connectivity index (χ4v) is 3.71. The zero-order valence-corrected chi connectivity index (χ0v) is 18.9. The van der Waals surface area contributed by atoms with Crippen LogP contribution in [0.3, 0.4) is 0 Å². The van der Waals surface area contributed by atoms with Gasteiger partial charge in [0.1, 0.15) is 18.1 Å². The third-order valence-electron chi connectivity index (χ3n) is 5.11. The summed E-state index contributed by atoms with van der Waals surface area (Å²) in [6.07, 6.45) is 2.53. The van der Waals surface area contributed by atoms with Crippen molar-refractivity contribution in [2.45, 2.75) is 63.7 Å². The molecule has 11 nitrogen and oxygen atoms in total. The van der Waals surface area contributed by atoms with Gasteiger partial charge in [0.2, 0.25) is 23.6 Å². The van der Waals surface area contributed by atoms with Crippen LogP contribution in [0.5, 0.6) is 0 Å². The van der Waals surface area contributed by atoms with Gasteiger partial charge in [-0.25, -0.2) is 4.79 Å². The molecule has 1 aliphatic heterocycles. The van der Waals surface area contributed by atoms with Gasteiger partial charge < -0.3 is 32.1 Å². The Balaban J connectivity index is 2.99. The molecular formula is C19H33N5O6S. The topological polar surface area (TPSA) is 185 Å². The number of likely N-dealkylation sites (tertiary alicyclic amines) is 1. The number of carboxylic acid groups (broad SMARTS) is 1. The number of amides is 4. The molecule has 0 saturated carbocycles. The normalized spacial score (nSPS) is 18.9. The molecule has 12 heteroatoms. The average Bonchev–Trinajstić information content (AvgIpc) is 3.18. The van der Waals surface area contributed by atoms with Crippen LogP contribution >= 0.6 is 11.8 Å². The number of nitrogens with one attached hydrogen (secondary N) is 2. The quantitative estimate of drug-likeness (QED) is 0.237. The lowest BCUT2D eigenvalue weighted by molar-refractivity contribution is -0.149. The number of carbonyl (C=O) groups is 5. The first-order chi connectivity index (χ1) is 14.5. The van der Waals surface area contributed by atoms with Crippen molar-refractivity contribution < 1.29 is 29.1 Å². The first-order valence-corrected chi connectivity index (χ1v) is 11.6. The number of rotatable bonds is 12. The zero-order valence-electron chi connectivity index (χ0n) is 18.1. The summed E-state index contributed by atoms with van der Waals surface area (Å²) in [4.78, 5) is 62.3. The fraction of sp³-hybridized carbons (Fsp3) is 0.737. The smallest absolute Gasteiger partial charge is 0.326 e. The monoisotopic (exact) mass is 459 g/mol. The van der Waals surface area contributed by atoms with Gasteiger partial charge in [-0.3, -0.25) is 19.2 Å². The minimum absolute atomic E-state index is 0.198. The van der Waals surface area contributed by atoms with Crippen molar-refractivity contribution in [3.8, 4) is 0 Å². The van der Waals surface area contributed by atoms with Crippen LogP contribution in [0.25, 0.3) is 0 Å². The number of nitrogens with two attached hydrogens (primary N) is 2. The third-order valence-corrected chi connectivity index (χ3v) is 5.75. The fourth-order valence-electron chi connectivity index (χ4n) is 3.23. The Labute approximate surface area is 186 Å². The lowest BCUT2D eigenvalue weighted by atomic mass is 10.0. The molecule has 31 heavy (non-hydrogen) atoms. The molecule has 0 bridgehead atoms. The molecule has 1 rings (SSSR count). The van der Waals surface area contributed by atoms with E-state index in [-0.39, 0.29) is 18.9 Å². The summed E-state index contributed by atoms with van der Waals surface area (Å²) in [6, 6.07) is -4.12. The Morgan fingerprint density at radius 1 is 1.13 bits per heavy atom. The van der Waals surface area contributed by atoms with Crippen LogP contribution in [0.1, 0.15) is 39.5 Å². The Hall–Kier alpha value is -2.34. The molecule has 1 fully saturated rings. The van der Waals surface area contributed by atoms with Gasteiger partial charge in [-0.1, -0.05) is 13.8 Å². The Morgan fingerprint density at radius 3 is 2.26 bits per heavy atom. The van der Waals surface area contributed by atoms with E-state index in [1.165, 1.54) is 16.7 Å². The van der Waals surface area contributed by atoms with Crippen molar-refractivity contribution in [2.24, 2.45) is 17.4 Å². The summed E-state index contributed by atoms with van der Waals surface area (Å²) in [5.41, 5.74) is 11.0. The maximum absolute atomic E-state index is 13.0. The first kappa shape index (κ1) is 26.7. The van der Waals surface area contributed by atoms with Gasteiger partial charge in [-0.05, 0) is 37.2 Å². The highest BCUT2D eigenvalue weighted by Crippen LogP contribution is 2.19. The van der Waals surface area contributed by atoms with Gasteiger partial charge in [-0.15, -0.1) is 0 Å². The zero-order chi connectivity index (χ0) is 23.7. The molecule has 4 unspecified atom stereocenters. The minimum atomic E-state index is -1.30. The van der Waals surface area contributed by atoms with Crippen molar-refractivity contribution in [1.82, 2.24) is 15.5 Å². The van der Waals surface area contributed by atoms with Gasteiger partial charge in [0.05, 0.1) is 12.5 Å². The van der Waals surface area contributed by atoms with Crippen LogP contribution in [0.4, 0.5) is 0 Å². The molecule has 0 aromatic heterocycles. The van der Waals surface area contributed by atoms with Crippen molar-refractivity contribution >= 4 is 41.4 Å². The van der Waals surface area contributed by atoms with Gasteiger partial charge in [0.25, 0.3) is 0 Å². The molecule has 0 aromatic rings. The summed E-state index contributed by atoms with van der Waals surface area (Å²) in [7, 11) is 0. The maximum Gasteiger partial charge on any atom is 0.326 e. The van der Waals surface area contributed by atoms with E-state index in [0.717, 1.165) is 0 Å². The van der Waals surface area contributed by atoms with Gasteiger partial charge in [0.15, 0.2) is 0 Å². The van der Waals surface area contributed by atoms with Crippen molar-refractivity contribution in [1.29, 1.82) is 0 Å². The molecule has 1 aliphatic rings. The van der Waals surface area contributed by atoms with Gasteiger partial charge in [0, 0.05) is 6.54 Å². The molecule has 4 atom stereocenters. The molecule has 1 heterocycles. The van der Waals surface area contributed by atoms with Crippen molar-refractivity contribution in [3.63, 3.8) is 0 Å². The van der Waals surface area contributed by atoms with Gasteiger partial charge >= 0.3 is 5.97 Å². The number of aliphatic carboxylic acids is 1. The van der Waals surface area contributed by atoms with E-state index in [0.29, 0.717) is 18.6 Å². The molecule has 0 aromatic carbocycles. The highest BCUT2D eigenvalue weighted by molar-refractivity contribution is 7.98. The second kappa shape index (κ2) is 12.5. The number of carbonyl (C=O) groups excluding carboxylic acids is 4. The highest BCUT2D eigenvalue weighted by Gasteiger charge is 2.38. The molecule has 0 aliphatic carbocycles. The largest absolute Gasteiger partial charge is 0.480 e. The first-order valence-electron chi connectivity index (χ1n) is 10.2. The van der Waals surface area contributed by atoms with Gasteiger partial charge in [-0.2, -0.15) is 11.8 Å². The number of carboxylic acids is 1. The predicted octanol–water partition coefficient (Wildman–Crippen LogP) is -1.36. The Bertz CT molecular complexity index is 689. The molecule has 1 saturated heterocycles. The number of primary amides is 1. The minimum Gasteiger partial charge on any atom is -0.480 e. The molecule has 4 amide bonds. The van der Waals surface area contributed by atoms with Crippen LogP contribution < -0.4 is 22.1 Å². The van der Waals surface area contributed by atoms with E-state index in [4.69, 9.17) is 11.5 Å². The summed E-state index contributed by atoms with van der Waals surface area (Å²) >= 11 is 1.46. The number of hydrogen-bond acceptors (Lipinski definition) is 7. The van der Waals surface area contributed by atoms with Crippen LogP contribution in [0.15, 0.2) is 0 Å². The van der Waals surface area contributed by atoms with Crippen LogP contribution in [0.2, 0.25) is 0 Å². The number of hydrogen-bond donors (Lipinski definition) is 5. The molecule has 176 valence electrons. The standard InChI is InChI=1S/C19H33N5O6S/c1-10(2)15(21)17(27)23-12(9-14(20)25)16(26)22-11(6-8-31-3)18(28)24-7-4-5-13(24)19(29)30/h10-13,15H,4-9,21H2,1-3H3,(H2,20,25)(H,22,26)(H,23,27)(H,29,30). The lowest BCUT2D eigenvalue weighted by Crippen LogP contribution is -2.58. The second-order valence-electron chi connectivity index (χ2n) is 7.87. The van der Waals surface area contributed by atoms with Crippen molar-refractivity contribution in [3.05, 3.63) is 0 Å².